The summed E-state index contributed by atoms with van der Waals surface area (Å²) in [6, 6.07) is 14.4. The van der Waals surface area contributed by atoms with E-state index in [-0.39, 0.29) is 10.6 Å². The van der Waals surface area contributed by atoms with Crippen molar-refractivity contribution in [2.75, 3.05) is 22.2 Å². The van der Waals surface area contributed by atoms with Crippen LogP contribution in [0.2, 0.25) is 0 Å². The van der Waals surface area contributed by atoms with Crippen molar-refractivity contribution in [1.29, 1.82) is 0 Å². The summed E-state index contributed by atoms with van der Waals surface area (Å²) < 4.78 is 0.136. The zero-order valence-electron chi connectivity index (χ0n) is 18.0. The van der Waals surface area contributed by atoms with E-state index in [9.17, 15) is 4.79 Å². The molecule has 0 aromatic heterocycles. The van der Waals surface area contributed by atoms with E-state index in [4.69, 9.17) is 10.1 Å². The van der Waals surface area contributed by atoms with Crippen molar-refractivity contribution in [3.8, 4) is 0 Å². The Morgan fingerprint density at radius 2 is 2.06 bits per heavy atom. The van der Waals surface area contributed by atoms with Gasteiger partial charge in [-0.1, -0.05) is 24.3 Å². The van der Waals surface area contributed by atoms with Gasteiger partial charge in [0.05, 0.1) is 23.8 Å². The highest BCUT2D eigenvalue weighted by molar-refractivity contribution is 6.31. The molecule has 8 nitrogen and oxygen atoms in total. The van der Waals surface area contributed by atoms with Gasteiger partial charge in [-0.3, -0.25) is 9.79 Å². The molecule has 2 aromatic rings. The van der Waals surface area contributed by atoms with Gasteiger partial charge in [0.15, 0.2) is 6.20 Å². The van der Waals surface area contributed by atoms with E-state index < -0.39 is 5.41 Å². The van der Waals surface area contributed by atoms with E-state index in [0.29, 0.717) is 5.96 Å². The number of amidine groups is 1. The molecule has 8 heteroatoms. The zero-order chi connectivity index (χ0) is 21.9. The average molecular weight is 427 g/mol. The Labute approximate surface area is 186 Å². The molecule has 0 spiro atoms. The topological polar surface area (TPSA) is 81.5 Å². The maximum absolute atomic E-state index is 12.3. The van der Waals surface area contributed by atoms with Gasteiger partial charge in [0.1, 0.15) is 6.21 Å². The maximum atomic E-state index is 12.3. The number of aliphatic imine (C=N–C) groups is 2. The molecule has 1 atom stereocenters. The molecule has 32 heavy (non-hydrogen) atoms. The fourth-order valence-corrected chi connectivity index (χ4v) is 4.81. The number of hydrogen-bond acceptors (Lipinski definition) is 6. The van der Waals surface area contributed by atoms with Crippen LogP contribution in [0.4, 0.5) is 17.1 Å². The Bertz CT molecular complexity index is 1270. The van der Waals surface area contributed by atoms with Gasteiger partial charge >= 0.3 is 5.84 Å². The highest BCUT2D eigenvalue weighted by Crippen LogP contribution is 2.39. The van der Waals surface area contributed by atoms with Crippen LogP contribution < -0.4 is 15.6 Å². The molecule has 160 valence electrons. The minimum atomic E-state index is -0.530. The molecule has 0 aliphatic carbocycles. The van der Waals surface area contributed by atoms with Gasteiger partial charge in [0.25, 0.3) is 5.96 Å². The smallest absolute Gasteiger partial charge is 0.307 e. The van der Waals surface area contributed by atoms with Gasteiger partial charge in [-0.15, -0.1) is 4.99 Å². The van der Waals surface area contributed by atoms with Gasteiger partial charge in [0.2, 0.25) is 5.91 Å². The number of rotatable bonds is 2. The summed E-state index contributed by atoms with van der Waals surface area (Å²) in [6.07, 6.45) is 7.61. The van der Waals surface area contributed by atoms with Crippen LogP contribution in [0.1, 0.15) is 31.4 Å². The number of nitrogens with one attached hydrogen (secondary N) is 2. The molecule has 0 saturated heterocycles. The number of carbonyl (C=O) groups excluding carboxylic acids is 1. The van der Waals surface area contributed by atoms with Crippen LogP contribution in [0.15, 0.2) is 70.0 Å². The standard InChI is InChI=1S/C24H23N7O/c1-24(2)18-10-9-17(14-19(18)27-22(24)32)26-23-28-21-15-25-11-13-31(21,29-23)30-12-5-7-16-6-3-4-8-20(16)30/h3-4,6,8-11,13-15H,5,7,12H2,1-2H3,(H-,26,27,29,32)/p+1. The summed E-state index contributed by atoms with van der Waals surface area (Å²) in [5.41, 5.74) is 4.59. The van der Waals surface area contributed by atoms with E-state index in [1.54, 1.807) is 12.4 Å². The minimum Gasteiger partial charge on any atom is -0.325 e. The van der Waals surface area contributed by atoms with Gasteiger partial charge in [-0.25, -0.2) is 0 Å². The molecule has 1 unspecified atom stereocenters. The fourth-order valence-electron chi connectivity index (χ4n) is 4.81. The first kappa shape index (κ1) is 18.9. The first-order chi connectivity index (χ1) is 15.5. The number of anilines is 3. The number of quaternary nitrogens is 1. The van der Waals surface area contributed by atoms with Crippen LogP contribution in [0.3, 0.4) is 0 Å². The second kappa shape index (κ2) is 6.61. The number of fused-ring (bicyclic) bond motifs is 3. The average Bonchev–Trinajstić information content (AvgIpc) is 3.27. The Balaban J connectivity index is 1.36. The van der Waals surface area contributed by atoms with E-state index in [0.717, 1.165) is 42.2 Å². The summed E-state index contributed by atoms with van der Waals surface area (Å²) >= 11 is 0. The molecule has 2 N–H and O–H groups in total. The summed E-state index contributed by atoms with van der Waals surface area (Å²) in [4.78, 5) is 21.4. The molecule has 2 aromatic carbocycles. The Morgan fingerprint density at radius 1 is 1.19 bits per heavy atom. The third kappa shape index (κ3) is 2.66. The molecule has 0 radical (unpaired) electrons. The molecule has 4 heterocycles. The number of benzene rings is 2. The van der Waals surface area contributed by atoms with Crippen molar-refractivity contribution in [2.24, 2.45) is 15.1 Å². The first-order valence-corrected chi connectivity index (χ1v) is 10.9. The van der Waals surface area contributed by atoms with Crippen LogP contribution >= 0.6 is 0 Å². The lowest BCUT2D eigenvalue weighted by atomic mass is 9.86. The van der Waals surface area contributed by atoms with Crippen molar-refractivity contribution >= 4 is 41.0 Å². The van der Waals surface area contributed by atoms with Gasteiger partial charge in [0, 0.05) is 11.4 Å². The fraction of sp³-hybridized carbons (Fsp3) is 0.250. The van der Waals surface area contributed by atoms with E-state index in [1.165, 1.54) is 11.3 Å². The second-order valence-corrected chi connectivity index (χ2v) is 8.94. The van der Waals surface area contributed by atoms with Gasteiger partial charge < -0.3 is 10.6 Å². The van der Waals surface area contributed by atoms with Crippen molar-refractivity contribution in [2.45, 2.75) is 32.1 Å². The number of nitrogens with zero attached hydrogens (tertiary/aromatic N) is 5. The summed E-state index contributed by atoms with van der Waals surface area (Å²) in [5, 5.41) is 13.6. The number of guanidine groups is 1. The van der Waals surface area contributed by atoms with E-state index in [2.05, 4.69) is 44.9 Å². The number of amides is 1. The third-order valence-corrected chi connectivity index (χ3v) is 6.57. The third-order valence-electron chi connectivity index (χ3n) is 6.57. The summed E-state index contributed by atoms with van der Waals surface area (Å²) in [6.45, 7) is 4.73. The molecule has 6 rings (SSSR count). The highest BCUT2D eigenvalue weighted by Gasteiger charge is 2.48. The van der Waals surface area contributed by atoms with Gasteiger partial charge in [-0.05, 0) is 65.8 Å². The Hall–Kier alpha value is -3.78. The van der Waals surface area contributed by atoms with Crippen LogP contribution in [0.5, 0.6) is 0 Å². The first-order valence-electron chi connectivity index (χ1n) is 10.9. The lowest BCUT2D eigenvalue weighted by Gasteiger charge is -2.39. The molecule has 0 bridgehead atoms. The van der Waals surface area contributed by atoms with E-state index in [1.807, 2.05) is 38.2 Å². The van der Waals surface area contributed by atoms with Crippen molar-refractivity contribution in [3.63, 3.8) is 0 Å². The zero-order valence-corrected chi connectivity index (χ0v) is 18.0. The quantitative estimate of drug-likeness (QED) is 0.718. The molecular formula is C24H24N7O+. The molecule has 4 aliphatic rings. The van der Waals surface area contributed by atoms with Crippen molar-refractivity contribution < 1.29 is 9.50 Å². The number of aryl methyl sites for hydroxylation is 1. The van der Waals surface area contributed by atoms with Crippen LogP contribution in [-0.4, -0.2) is 35.2 Å². The second-order valence-electron chi connectivity index (χ2n) is 8.94. The lowest BCUT2D eigenvalue weighted by molar-refractivity contribution is -0.801. The predicted molar refractivity (Wildman–Crippen MR) is 127 cm³/mol. The maximum Gasteiger partial charge on any atom is 0.307 e. The highest BCUT2D eigenvalue weighted by atomic mass is 16.2. The molecular weight excluding hydrogens is 402 g/mol. The number of carbonyl (C=O) groups is 1. The molecule has 0 fully saturated rings. The molecule has 0 saturated carbocycles. The lowest BCUT2D eigenvalue weighted by Crippen LogP contribution is -2.58. The monoisotopic (exact) mass is 426 g/mol. The van der Waals surface area contributed by atoms with Crippen molar-refractivity contribution in [3.05, 3.63) is 66.0 Å². The Morgan fingerprint density at radius 3 is 2.97 bits per heavy atom. The predicted octanol–water partition coefficient (Wildman–Crippen LogP) is 3.75. The van der Waals surface area contributed by atoms with Gasteiger partial charge in [-0.2, -0.15) is 5.01 Å². The Kier molecular flexibility index (Phi) is 3.91. The van der Waals surface area contributed by atoms with Crippen LogP contribution in [-0.2, 0) is 16.6 Å². The van der Waals surface area contributed by atoms with Crippen molar-refractivity contribution in [1.82, 2.24) is 0 Å². The largest absolute Gasteiger partial charge is 0.325 e. The normalized spacial score (nSPS) is 24.3. The number of hydrogen-bond donors (Lipinski definition) is 2. The minimum absolute atomic E-state index is 0.00912. The van der Waals surface area contributed by atoms with Crippen LogP contribution in [0.25, 0.3) is 0 Å². The van der Waals surface area contributed by atoms with Crippen LogP contribution in [0, 0.1) is 0 Å². The molecule has 1 amide bonds. The summed E-state index contributed by atoms with van der Waals surface area (Å²) in [5.74, 6) is 1.25. The van der Waals surface area contributed by atoms with E-state index >= 15 is 0 Å². The number of para-hydroxylation sites is 1. The summed E-state index contributed by atoms with van der Waals surface area (Å²) in [7, 11) is 0. The molecule has 4 aliphatic heterocycles. The SMILES string of the molecule is CC1(C)C(=O)Nc2cc(NC3=N[N+]4(N5CCCc6ccccc65)C=CN=CC4=N3)ccc21.